The number of hydroxylamine groups is 3. The number of carbonyl (C=O) groups is 7. The lowest BCUT2D eigenvalue weighted by molar-refractivity contribution is -0.849. The van der Waals surface area contributed by atoms with Gasteiger partial charge in [-0.3, -0.25) is 36.7 Å². The highest BCUT2D eigenvalue weighted by atomic mass is 32.3. The number of unbranched alkanes of at least 4 members (excludes halogenated alkanes) is 1. The van der Waals surface area contributed by atoms with Crippen molar-refractivity contribution in [3.63, 3.8) is 0 Å². The SMILES string of the molecule is C.C.C.C.CC(=O)N(C)C.CC(=O)c1ccc(C(C)=O)cc1.CC(C)(C)N.CC(C)=C(C)C.CC(C)=O.CC(C)C.CC(C)O.CCCCOC.CCCOC.CN(C)C.CN=C(C)C.CNS(C)(=O)=O.COC.COC(=O)OC.COC(=O)c1ccccc1.COC(C)=O.COS(=O)(=O)OC.COS(C)(=O)=O.C[N+](C)(C)C.C[N+](C)(C)[O-].c1ccccc1. The Balaban J connectivity index is -0.0000000443. The molecule has 0 unspecified atom stereocenters. The molecule has 0 atom stereocenters. The van der Waals surface area contributed by atoms with Crippen LogP contribution in [-0.2, 0) is 90.6 Å². The van der Waals surface area contributed by atoms with Gasteiger partial charge in [0.25, 0.3) is 10.1 Å². The maximum Gasteiger partial charge on any atom is 0.507 e. The number of esters is 2. The van der Waals surface area contributed by atoms with Crippen molar-refractivity contribution in [2.45, 2.75) is 213 Å². The molecule has 0 radical (unpaired) electrons. The number of benzene rings is 3. The number of aliphatic imine (C=N–C) groups is 1. The molecule has 0 spiro atoms. The molecule has 0 aliphatic rings. The van der Waals surface area contributed by atoms with Crippen LogP contribution in [0.3, 0.4) is 0 Å². The van der Waals surface area contributed by atoms with Crippen LogP contribution in [0.5, 0.6) is 0 Å². The number of rotatable bonds is 12. The summed E-state index contributed by atoms with van der Waals surface area (Å²) in [5.41, 5.74) is 11.2. The van der Waals surface area contributed by atoms with E-state index in [1.54, 1.807) is 133 Å². The van der Waals surface area contributed by atoms with Gasteiger partial charge in [0.2, 0.25) is 15.9 Å². The number of aliphatic hydroxyl groups is 1. The number of methoxy groups -OCH3 is 7. The number of aliphatic hydroxyl groups excluding tert-OH is 1. The molecular weight excluding hydrogens is 1660 g/mol. The van der Waals surface area contributed by atoms with E-state index in [-0.39, 0.29) is 81.2 Å². The molecule has 0 heterocycles. The summed E-state index contributed by atoms with van der Waals surface area (Å²) in [6.07, 6.45) is 4.82. The van der Waals surface area contributed by atoms with Gasteiger partial charge in [-0.2, -0.15) is 16.8 Å². The monoisotopic (exact) mass is 1860 g/mol. The molecule has 3 aromatic carbocycles. The van der Waals surface area contributed by atoms with Crippen molar-refractivity contribution in [3.8, 4) is 0 Å². The molecule has 0 aliphatic carbocycles. The number of ketones is 3. The van der Waals surface area contributed by atoms with E-state index >= 15 is 0 Å². The fraction of sp³-hybridized carbons (Fsp3) is 0.685. The Bertz CT molecular complexity index is 2900. The molecule has 4 N–H and O–H groups in total. The molecule has 3 rings (SSSR count). The van der Waals surface area contributed by atoms with Gasteiger partial charge in [-0.05, 0) is 163 Å². The lowest BCUT2D eigenvalue weighted by atomic mass is 10.1. The molecule has 32 nitrogen and oxygen atoms in total. The largest absolute Gasteiger partial charge is 0.633 e. The van der Waals surface area contributed by atoms with Gasteiger partial charge in [0.1, 0.15) is 5.78 Å². The molecule has 0 saturated heterocycles. The number of Topliss-reactive ketones (excluding diaryl/α,β-unsaturated/α-hetero) is 3. The molecule has 0 aliphatic heterocycles. The van der Waals surface area contributed by atoms with Crippen LogP contribution in [-0.4, -0.2) is 311 Å². The minimum atomic E-state index is -3.66. The first-order valence-electron chi connectivity index (χ1n) is 37.4. The summed E-state index contributed by atoms with van der Waals surface area (Å²) < 4.78 is 104. The van der Waals surface area contributed by atoms with Crippen LogP contribution in [0.1, 0.15) is 232 Å². The second-order valence-corrected chi connectivity index (χ2v) is 34.2. The number of sulfonamides is 1. The minimum absolute atomic E-state index is 0. The van der Waals surface area contributed by atoms with Crippen LogP contribution in [0, 0.1) is 11.1 Å². The van der Waals surface area contributed by atoms with E-state index in [4.69, 9.17) is 20.3 Å². The Morgan fingerprint density at radius 2 is 0.710 bits per heavy atom. The second kappa shape index (κ2) is 122. The van der Waals surface area contributed by atoms with Crippen molar-refractivity contribution in [1.82, 2.24) is 14.5 Å². The average Bonchev–Trinajstić information content (AvgIpc) is 0.882. The fourth-order valence-corrected chi connectivity index (χ4v) is 2.80. The maximum atomic E-state index is 10.8. The molecule has 3 aromatic rings. The highest BCUT2D eigenvalue weighted by Gasteiger charge is 2.03. The zero-order valence-corrected chi connectivity index (χ0v) is 86.6. The van der Waals surface area contributed by atoms with Crippen LogP contribution < -0.4 is 10.5 Å². The van der Waals surface area contributed by atoms with Crippen molar-refractivity contribution >= 4 is 77.6 Å². The van der Waals surface area contributed by atoms with E-state index in [1.165, 1.54) is 106 Å². The topological polar surface area (TPSA) is 414 Å². The number of carbonyl (C=O) groups excluding carboxylic acids is 7. The summed E-state index contributed by atoms with van der Waals surface area (Å²) in [7, 11) is 31.2. The normalized spacial score (nSPS) is 8.93. The summed E-state index contributed by atoms with van der Waals surface area (Å²) in [6.45, 7) is 43.3. The standard InChI is InChI=1S/C10H10O2.C8H8O2.C6H6.C6H12.C5H12O.C4H9NO.C4H12N.C4H9N.C4H11N.C4H10O.C4H10.C3H9NO.C3H9N.C3H6O3.C3H6O2.C3H8O.C3H6O.C2H7NO2S.C2H6O4S.C2H6O3S.C2H6O.4CH4/c1-7(11)9-3-5-10(6-4-9)8(2)12;1-10-8(9)7-5-3-2-4-6-7;1-2-4-6-5-3-1;1-5(2)6(3)4;1-3-4-5-6-2;1-4(6)5(2)3;1-5(2,3)4;1-4(2)5-3;1-4(2,3)5;1-3-4-5-2;1-4(2)3;1-4(2,3)5;1-4(2)3;1-5-3(4)6-2;1-3(4)5-2;2*1-3(2)4;1-3-6(2,4)5;1-5-7(3,4)6-2;1-5-6(2,3)4;1-3-2;;;;/h3-6H,1-2H3;2-6H,1H3;1-6H;1-4H3;3-5H2,1-2H3;1-3H3;1-4H3;1-3H3;5H2,1-3H3;3-4H2,1-2H3;4H,1-3H3;1-3H3;1-3H3;1-2H3;1-2H3;3-4H,1-2H3;1-2H3;3H,1-2H3;1-2H3;1-2H3;1-2H3;4*1H4/q;;;;;;+1;;;;;;;;;;;;;;;;;;. The van der Waals surface area contributed by atoms with Gasteiger partial charge < -0.3 is 72.9 Å². The third-order valence-electron chi connectivity index (χ3n) is 8.45. The number of quaternary nitrogens is 2. The van der Waals surface area contributed by atoms with Gasteiger partial charge in [0.15, 0.2) is 11.6 Å². The molecule has 124 heavy (non-hydrogen) atoms. The second-order valence-electron chi connectivity index (χ2n) is 29.0. The Morgan fingerprint density at radius 3 is 0.782 bits per heavy atom. The first-order chi connectivity index (χ1) is 54.0. The minimum Gasteiger partial charge on any atom is -0.633 e. The summed E-state index contributed by atoms with van der Waals surface area (Å²) in [6, 6.07) is 27.5. The van der Waals surface area contributed by atoms with Gasteiger partial charge in [-0.25, -0.2) is 22.7 Å². The number of hydrogen-bond donors (Lipinski definition) is 3. The number of ether oxygens (including phenoxy) is 7. The van der Waals surface area contributed by atoms with E-state index in [0.717, 1.165) is 69.6 Å². The molecule has 752 valence electrons. The van der Waals surface area contributed by atoms with Crippen LogP contribution in [0.25, 0.3) is 0 Å². The maximum absolute atomic E-state index is 10.8. The molecule has 0 fully saturated rings. The van der Waals surface area contributed by atoms with Gasteiger partial charge in [0, 0.05) is 105 Å². The number of nitrogens with zero attached hydrogens (tertiary/aromatic N) is 5. The van der Waals surface area contributed by atoms with Crippen LogP contribution in [0.2, 0.25) is 0 Å². The van der Waals surface area contributed by atoms with Crippen molar-refractivity contribution in [3.05, 3.63) is 124 Å². The summed E-state index contributed by atoms with van der Waals surface area (Å²) >= 11 is 0. The zero-order valence-electron chi connectivity index (χ0n) is 84.1. The first kappa shape index (κ1) is 175. The molecular formula is C89H194N7O25S3+. The van der Waals surface area contributed by atoms with Crippen LogP contribution >= 0.6 is 0 Å². The Hall–Kier alpha value is -6.91. The molecule has 0 bridgehead atoms. The lowest BCUT2D eigenvalue weighted by Crippen LogP contribution is -2.27. The predicted octanol–water partition coefficient (Wildman–Crippen LogP) is 17.0. The molecule has 0 saturated carbocycles. The van der Waals surface area contributed by atoms with Crippen molar-refractivity contribution in [1.29, 1.82) is 0 Å². The molecule has 1 amide bonds. The van der Waals surface area contributed by atoms with Crippen LogP contribution in [0.4, 0.5) is 4.79 Å². The number of nitrogens with two attached hydrogens (primary N) is 1. The van der Waals surface area contributed by atoms with E-state index in [1.807, 2.05) is 103 Å². The summed E-state index contributed by atoms with van der Waals surface area (Å²) in [4.78, 5) is 78.6. The summed E-state index contributed by atoms with van der Waals surface area (Å²) in [5, 5.41) is 18.1. The van der Waals surface area contributed by atoms with E-state index in [0.29, 0.717) is 16.7 Å². The van der Waals surface area contributed by atoms with Crippen molar-refractivity contribution in [2.75, 3.05) is 203 Å². The smallest absolute Gasteiger partial charge is 0.507 e. The number of amides is 1. The predicted molar refractivity (Wildman–Crippen MR) is 527 cm³/mol. The van der Waals surface area contributed by atoms with Gasteiger partial charge in [-0.1, -0.05) is 161 Å². The number of allylic oxidation sites excluding steroid dienone is 2. The van der Waals surface area contributed by atoms with E-state index in [9.17, 15) is 64.0 Å². The molecule has 35 heteroatoms. The van der Waals surface area contributed by atoms with Crippen molar-refractivity contribution < 1.29 is 119 Å². The third-order valence-corrected chi connectivity index (χ3v) is 10.6. The molecule has 0 aromatic heterocycles. The quantitative estimate of drug-likeness (QED) is 0.0174. The Labute approximate surface area is 763 Å². The third kappa shape index (κ3) is 365. The van der Waals surface area contributed by atoms with E-state index < -0.39 is 36.7 Å². The van der Waals surface area contributed by atoms with Crippen molar-refractivity contribution in [2.24, 2.45) is 16.6 Å². The first-order valence-corrected chi connectivity index (χ1v) is 42.4. The lowest BCUT2D eigenvalue weighted by Gasteiger charge is -2.27. The highest BCUT2D eigenvalue weighted by Crippen LogP contribution is 2.05. The zero-order chi connectivity index (χ0) is 100. The average molecular weight is 1860 g/mol. The van der Waals surface area contributed by atoms with Gasteiger partial charge >= 0.3 is 28.5 Å². The number of hydrogen-bond acceptors (Lipinski definition) is 28. The summed E-state index contributed by atoms with van der Waals surface area (Å²) in [5.74, 6) is 0.593. The fourth-order valence-electron chi connectivity index (χ4n) is 2.66. The van der Waals surface area contributed by atoms with Crippen LogP contribution in [0.15, 0.2) is 107 Å². The van der Waals surface area contributed by atoms with E-state index in [2.05, 4.69) is 136 Å². The Morgan fingerprint density at radius 1 is 0.508 bits per heavy atom. The van der Waals surface area contributed by atoms with Gasteiger partial charge in [0.05, 0.1) is 117 Å². The van der Waals surface area contributed by atoms with Gasteiger partial charge in [-0.15, -0.1) is 0 Å². The number of nitrogens with one attached hydrogen (secondary N) is 1. The highest BCUT2D eigenvalue weighted by molar-refractivity contribution is 7.88. The Kier molecular flexibility index (Phi) is 172.